The number of hydrogen-bond donors (Lipinski definition) is 1. The lowest BCUT2D eigenvalue weighted by Crippen LogP contribution is -2.49. The molecule has 0 aliphatic carbocycles. The average Bonchev–Trinajstić information content (AvgIpc) is 2.46. The van der Waals surface area contributed by atoms with Crippen molar-refractivity contribution in [3.8, 4) is 0 Å². The van der Waals surface area contributed by atoms with Crippen LogP contribution in [0.25, 0.3) is 0 Å². The molecule has 0 bridgehead atoms. The smallest absolute Gasteiger partial charge is 0.409 e. The summed E-state index contributed by atoms with van der Waals surface area (Å²) in [6.07, 6.45) is 2.00. The molecule has 0 atom stereocenters. The van der Waals surface area contributed by atoms with E-state index in [1.54, 1.807) is 11.8 Å². The predicted molar refractivity (Wildman–Crippen MR) is 91.1 cm³/mol. The van der Waals surface area contributed by atoms with Crippen LogP contribution in [0.2, 0.25) is 0 Å². The number of sulfonamides is 1. The van der Waals surface area contributed by atoms with Crippen LogP contribution in [0.5, 0.6) is 0 Å². The van der Waals surface area contributed by atoms with Gasteiger partial charge in [-0.2, -0.15) is 4.31 Å². The molecular formula is C15H29N3O5S. The van der Waals surface area contributed by atoms with Gasteiger partial charge in [0.05, 0.1) is 12.9 Å². The van der Waals surface area contributed by atoms with Gasteiger partial charge in [0.25, 0.3) is 0 Å². The van der Waals surface area contributed by atoms with E-state index in [9.17, 15) is 18.0 Å². The second-order valence-electron chi connectivity index (χ2n) is 6.26. The van der Waals surface area contributed by atoms with Crippen molar-refractivity contribution >= 4 is 22.0 Å². The molecule has 0 spiro atoms. The molecule has 8 nitrogen and oxygen atoms in total. The van der Waals surface area contributed by atoms with Gasteiger partial charge in [-0.1, -0.05) is 0 Å². The summed E-state index contributed by atoms with van der Waals surface area (Å²) in [5, 5.41) is 2.76. The Morgan fingerprint density at radius 3 is 2.33 bits per heavy atom. The molecule has 0 aromatic rings. The third kappa shape index (κ3) is 6.64. The fourth-order valence-corrected chi connectivity index (χ4v) is 3.95. The third-order valence-corrected chi connectivity index (χ3v) is 5.17. The second kappa shape index (κ2) is 9.22. The summed E-state index contributed by atoms with van der Waals surface area (Å²) in [6.45, 7) is 6.84. The number of carbonyl (C=O) groups excluding carboxylic acids is 2. The minimum absolute atomic E-state index is 0.0250. The largest absolute Gasteiger partial charge is 0.450 e. The molecule has 1 N–H and O–H groups in total. The summed E-state index contributed by atoms with van der Waals surface area (Å²) in [5.74, 6) is -0.164. The lowest BCUT2D eigenvalue weighted by atomic mass is 10.1. The molecule has 0 saturated carbocycles. The number of ether oxygens (including phenoxy) is 1. The summed E-state index contributed by atoms with van der Waals surface area (Å²) in [4.78, 5) is 25.1. The maximum Gasteiger partial charge on any atom is 0.409 e. The van der Waals surface area contributed by atoms with Crippen LogP contribution in [0.3, 0.4) is 0 Å². The van der Waals surface area contributed by atoms with Gasteiger partial charge in [0.15, 0.2) is 0 Å². The van der Waals surface area contributed by atoms with E-state index in [1.165, 1.54) is 4.31 Å². The predicted octanol–water partition coefficient (Wildman–Crippen LogP) is 0.784. The van der Waals surface area contributed by atoms with Crippen molar-refractivity contribution in [2.45, 2.75) is 52.1 Å². The molecule has 9 heteroatoms. The second-order valence-corrected chi connectivity index (χ2v) is 8.20. The lowest BCUT2D eigenvalue weighted by molar-refractivity contribution is -0.121. The third-order valence-electron chi connectivity index (χ3n) is 3.83. The maximum absolute atomic E-state index is 12.1. The summed E-state index contributed by atoms with van der Waals surface area (Å²) in [7, 11) is -3.42. The lowest BCUT2D eigenvalue weighted by Gasteiger charge is -2.36. The van der Waals surface area contributed by atoms with Crippen molar-refractivity contribution in [2.24, 2.45) is 0 Å². The number of nitrogens with one attached hydrogen (secondary N) is 1. The number of amides is 2. The minimum atomic E-state index is -3.42. The minimum Gasteiger partial charge on any atom is -0.450 e. The Labute approximate surface area is 144 Å². The zero-order chi connectivity index (χ0) is 18.3. The highest BCUT2D eigenvalue weighted by Crippen LogP contribution is 2.20. The van der Waals surface area contributed by atoms with Gasteiger partial charge in [-0.05, 0) is 33.6 Å². The first-order chi connectivity index (χ1) is 11.1. The number of nitrogens with zero attached hydrogens (tertiary/aromatic N) is 2. The number of piperidine rings is 1. The molecule has 0 radical (unpaired) electrons. The van der Waals surface area contributed by atoms with Crippen LogP contribution in [0.4, 0.5) is 4.79 Å². The van der Waals surface area contributed by atoms with Crippen molar-refractivity contribution in [3.63, 3.8) is 0 Å². The summed E-state index contributed by atoms with van der Waals surface area (Å²) < 4.78 is 30.5. The molecule has 1 aliphatic rings. The average molecular weight is 363 g/mol. The fourth-order valence-electron chi connectivity index (χ4n) is 2.78. The van der Waals surface area contributed by atoms with Gasteiger partial charge >= 0.3 is 6.09 Å². The highest BCUT2D eigenvalue weighted by atomic mass is 32.2. The Balaban J connectivity index is 2.61. The summed E-state index contributed by atoms with van der Waals surface area (Å²) >= 11 is 0. The van der Waals surface area contributed by atoms with Crippen LogP contribution in [0.15, 0.2) is 0 Å². The Hall–Kier alpha value is -1.35. The van der Waals surface area contributed by atoms with Crippen LogP contribution < -0.4 is 5.32 Å². The van der Waals surface area contributed by atoms with Crippen LogP contribution in [0.1, 0.15) is 40.0 Å². The Kier molecular flexibility index (Phi) is 7.95. The van der Waals surface area contributed by atoms with Crippen molar-refractivity contribution < 1.29 is 22.7 Å². The van der Waals surface area contributed by atoms with E-state index in [-0.39, 0.29) is 37.0 Å². The summed E-state index contributed by atoms with van der Waals surface area (Å²) in [6, 6.07) is -0.172. The Morgan fingerprint density at radius 1 is 1.29 bits per heavy atom. The molecule has 0 aromatic heterocycles. The van der Waals surface area contributed by atoms with Gasteiger partial charge in [0.2, 0.25) is 15.9 Å². The monoisotopic (exact) mass is 363 g/mol. The quantitative estimate of drug-likeness (QED) is 0.721. The molecule has 0 unspecified atom stereocenters. The number of likely N-dealkylation sites (tertiary alicyclic amines) is 1. The number of carbonyl (C=O) groups is 2. The number of rotatable bonds is 7. The van der Waals surface area contributed by atoms with Crippen molar-refractivity contribution in [1.82, 2.24) is 14.5 Å². The highest BCUT2D eigenvalue weighted by molar-refractivity contribution is 7.88. The van der Waals surface area contributed by atoms with Gasteiger partial charge in [0, 0.05) is 38.1 Å². The first-order valence-electron chi connectivity index (χ1n) is 8.33. The number of hydrogen-bond acceptors (Lipinski definition) is 5. The van der Waals surface area contributed by atoms with Gasteiger partial charge in [0.1, 0.15) is 0 Å². The van der Waals surface area contributed by atoms with E-state index in [2.05, 4.69) is 5.32 Å². The van der Waals surface area contributed by atoms with Crippen molar-refractivity contribution in [1.29, 1.82) is 0 Å². The molecule has 1 fully saturated rings. The highest BCUT2D eigenvalue weighted by Gasteiger charge is 2.32. The first kappa shape index (κ1) is 20.7. The Bertz CT molecular complexity index is 527. The van der Waals surface area contributed by atoms with Crippen molar-refractivity contribution in [3.05, 3.63) is 0 Å². The first-order valence-corrected chi connectivity index (χ1v) is 10.2. The Morgan fingerprint density at radius 2 is 1.88 bits per heavy atom. The standard InChI is InChI=1S/C15H29N3O5S/c1-5-23-15(20)17-9-6-13(7-10-17)18(24(4,21)22)11-8-14(19)16-12(2)3/h12-13H,5-11H2,1-4H3,(H,16,19). The van der Waals surface area contributed by atoms with Crippen LogP contribution in [0, 0.1) is 0 Å². The molecule has 1 aliphatic heterocycles. The van der Waals surface area contributed by atoms with E-state index in [0.717, 1.165) is 6.26 Å². The molecule has 24 heavy (non-hydrogen) atoms. The maximum atomic E-state index is 12.1. The molecule has 1 heterocycles. The van der Waals surface area contributed by atoms with Crippen LogP contribution in [-0.2, 0) is 19.6 Å². The molecule has 2 amide bonds. The molecule has 1 rings (SSSR count). The van der Waals surface area contributed by atoms with Gasteiger partial charge < -0.3 is 15.0 Å². The molecule has 1 saturated heterocycles. The zero-order valence-electron chi connectivity index (χ0n) is 14.9. The van der Waals surface area contributed by atoms with Crippen LogP contribution in [-0.4, -0.2) is 74.2 Å². The fraction of sp³-hybridized carbons (Fsp3) is 0.867. The van der Waals surface area contributed by atoms with E-state index < -0.39 is 10.0 Å². The molecular weight excluding hydrogens is 334 g/mol. The van der Waals surface area contributed by atoms with E-state index in [4.69, 9.17) is 4.74 Å². The SMILES string of the molecule is CCOC(=O)N1CCC(N(CCC(=O)NC(C)C)S(C)(=O)=O)CC1. The molecule has 140 valence electrons. The normalized spacial score (nSPS) is 16.5. The summed E-state index contributed by atoms with van der Waals surface area (Å²) in [5.41, 5.74) is 0. The zero-order valence-corrected chi connectivity index (χ0v) is 15.8. The van der Waals surface area contributed by atoms with Gasteiger partial charge in [-0.3, -0.25) is 4.79 Å². The van der Waals surface area contributed by atoms with E-state index in [1.807, 2.05) is 13.8 Å². The van der Waals surface area contributed by atoms with E-state index >= 15 is 0 Å². The van der Waals surface area contributed by atoms with Crippen LogP contribution >= 0.6 is 0 Å². The van der Waals surface area contributed by atoms with Gasteiger partial charge in [-0.25, -0.2) is 13.2 Å². The van der Waals surface area contributed by atoms with Gasteiger partial charge in [-0.15, -0.1) is 0 Å². The van der Waals surface area contributed by atoms with Crippen molar-refractivity contribution in [2.75, 3.05) is 32.5 Å². The molecule has 0 aromatic carbocycles. The van der Waals surface area contributed by atoms with E-state index in [0.29, 0.717) is 32.5 Å². The topological polar surface area (TPSA) is 96.0 Å².